The molecule has 0 aliphatic carbocycles. The van der Waals surface area contributed by atoms with E-state index in [2.05, 4.69) is 10.9 Å². The van der Waals surface area contributed by atoms with Crippen LogP contribution in [0.4, 0.5) is 11.4 Å². The Morgan fingerprint density at radius 2 is 1.86 bits per heavy atom. The van der Waals surface area contributed by atoms with Gasteiger partial charge in [-0.2, -0.15) is 0 Å². The fraction of sp³-hybridized carbons (Fsp3) is 0.464. The van der Waals surface area contributed by atoms with E-state index in [1.165, 1.54) is 0 Å². The van der Waals surface area contributed by atoms with Crippen molar-refractivity contribution in [1.82, 2.24) is 10.3 Å². The van der Waals surface area contributed by atoms with Crippen LogP contribution in [0, 0.1) is 6.92 Å². The largest absolute Gasteiger partial charge is 0.460 e. The predicted octanol–water partition coefficient (Wildman–Crippen LogP) is 3.68. The molecule has 3 aliphatic heterocycles. The molecule has 1 fully saturated rings. The number of benzene rings is 2. The lowest BCUT2D eigenvalue weighted by Gasteiger charge is -2.39. The van der Waals surface area contributed by atoms with Crippen LogP contribution >= 0.6 is 0 Å². The Kier molecular flexibility index (Phi) is 6.03. The number of nitrogens with zero attached hydrogens (tertiary/aromatic N) is 2. The van der Waals surface area contributed by atoms with Gasteiger partial charge in [-0.3, -0.25) is 14.4 Å². The Morgan fingerprint density at radius 1 is 1.11 bits per heavy atom. The summed E-state index contributed by atoms with van der Waals surface area (Å²) in [6.45, 7) is 9.53. The van der Waals surface area contributed by atoms with Gasteiger partial charge in [0.05, 0.1) is 17.5 Å². The molecule has 0 aromatic heterocycles. The number of hydrogen-bond acceptors (Lipinski definition) is 6. The number of fused-ring (bicyclic) bond motifs is 3. The van der Waals surface area contributed by atoms with Crippen LogP contribution < -0.4 is 15.8 Å². The topological polar surface area (TPSA) is 91.0 Å². The molecule has 0 bridgehead atoms. The van der Waals surface area contributed by atoms with Gasteiger partial charge in [0.1, 0.15) is 5.60 Å². The molecule has 2 aromatic rings. The Hall–Kier alpha value is -3.39. The number of piperidine rings is 1. The first kappa shape index (κ1) is 24.3. The molecule has 190 valence electrons. The van der Waals surface area contributed by atoms with Crippen LogP contribution in [-0.2, 0) is 26.3 Å². The molecule has 0 atom stereocenters. The van der Waals surface area contributed by atoms with E-state index in [4.69, 9.17) is 4.74 Å². The predicted molar refractivity (Wildman–Crippen MR) is 138 cm³/mol. The number of hydrazine groups is 1. The maximum absolute atomic E-state index is 13.9. The van der Waals surface area contributed by atoms with Crippen LogP contribution in [0.1, 0.15) is 67.1 Å². The van der Waals surface area contributed by atoms with Crippen LogP contribution in [0.5, 0.6) is 0 Å². The van der Waals surface area contributed by atoms with E-state index in [1.54, 1.807) is 4.90 Å². The summed E-state index contributed by atoms with van der Waals surface area (Å²) in [5.74, 6) is -0.292. The number of nitrogens with one attached hydrogen (secondary N) is 2. The van der Waals surface area contributed by atoms with Gasteiger partial charge in [0, 0.05) is 37.4 Å². The maximum atomic E-state index is 13.9. The first-order valence-electron chi connectivity index (χ1n) is 12.6. The third-order valence-corrected chi connectivity index (χ3v) is 7.39. The fourth-order valence-electron chi connectivity index (χ4n) is 5.76. The molecule has 0 unspecified atom stereocenters. The fourth-order valence-corrected chi connectivity index (χ4v) is 5.76. The van der Waals surface area contributed by atoms with Gasteiger partial charge in [0.2, 0.25) is 5.91 Å². The number of hydrogen-bond donors (Lipinski definition) is 2. The molecule has 8 nitrogen and oxygen atoms in total. The van der Waals surface area contributed by atoms with Gasteiger partial charge in [-0.25, -0.2) is 5.43 Å². The minimum Gasteiger partial charge on any atom is -0.460 e. The molecule has 2 N–H and O–H groups in total. The van der Waals surface area contributed by atoms with E-state index >= 15 is 0 Å². The number of anilines is 2. The zero-order chi connectivity index (χ0) is 25.7. The monoisotopic (exact) mass is 490 g/mol. The molecule has 2 amide bonds. The van der Waals surface area contributed by atoms with Crippen molar-refractivity contribution in [2.24, 2.45) is 0 Å². The van der Waals surface area contributed by atoms with E-state index in [0.717, 1.165) is 28.1 Å². The number of likely N-dealkylation sites (tertiary alicyclic amines) is 1. The van der Waals surface area contributed by atoms with Crippen molar-refractivity contribution in [3.63, 3.8) is 0 Å². The first-order chi connectivity index (χ1) is 17.1. The second kappa shape index (κ2) is 8.92. The zero-order valence-electron chi connectivity index (χ0n) is 21.4. The van der Waals surface area contributed by atoms with Gasteiger partial charge in [0.25, 0.3) is 5.91 Å². The molecule has 3 aliphatic rings. The Balaban J connectivity index is 1.34. The maximum Gasteiger partial charge on any atom is 0.308 e. The van der Waals surface area contributed by atoms with E-state index in [0.29, 0.717) is 38.0 Å². The first-order valence-corrected chi connectivity index (χ1v) is 12.6. The third kappa shape index (κ3) is 4.23. The highest BCUT2D eigenvalue weighted by atomic mass is 16.6. The number of esters is 1. The summed E-state index contributed by atoms with van der Waals surface area (Å²) in [5.41, 5.74) is 10.7. The summed E-state index contributed by atoms with van der Waals surface area (Å²) in [4.78, 5) is 43.2. The van der Waals surface area contributed by atoms with Gasteiger partial charge in [-0.05, 0) is 81.5 Å². The van der Waals surface area contributed by atoms with Crippen LogP contribution in [0.25, 0.3) is 0 Å². The van der Waals surface area contributed by atoms with Gasteiger partial charge in [-0.15, -0.1) is 0 Å². The van der Waals surface area contributed by atoms with Crippen LogP contribution in [-0.4, -0.2) is 47.9 Å². The summed E-state index contributed by atoms with van der Waals surface area (Å²) < 4.78 is 5.46. The summed E-state index contributed by atoms with van der Waals surface area (Å²) >= 11 is 0. The molecular weight excluding hydrogens is 456 g/mol. The van der Waals surface area contributed by atoms with Crippen molar-refractivity contribution in [2.45, 2.75) is 64.5 Å². The van der Waals surface area contributed by atoms with Crippen molar-refractivity contribution in [2.75, 3.05) is 30.0 Å². The van der Waals surface area contributed by atoms with Gasteiger partial charge in [-0.1, -0.05) is 12.1 Å². The number of amides is 2. The third-order valence-electron chi connectivity index (χ3n) is 7.39. The van der Waals surface area contributed by atoms with E-state index in [1.807, 2.05) is 69.0 Å². The van der Waals surface area contributed by atoms with Crippen molar-refractivity contribution in [3.05, 3.63) is 58.7 Å². The lowest BCUT2D eigenvalue weighted by molar-refractivity contribution is -0.154. The van der Waals surface area contributed by atoms with Crippen molar-refractivity contribution in [1.29, 1.82) is 0 Å². The number of ether oxygens (including phenoxy) is 1. The van der Waals surface area contributed by atoms with Crippen molar-refractivity contribution >= 4 is 29.2 Å². The average molecular weight is 491 g/mol. The molecule has 8 heteroatoms. The van der Waals surface area contributed by atoms with E-state index in [9.17, 15) is 14.4 Å². The SMILES string of the molecule is Cc1cccc2c1C1(CCN(C(=O)c3ccc4c(c3)CNN4)CC1)C(=O)N2CCC(=O)OC(C)(C)C. The highest BCUT2D eigenvalue weighted by Gasteiger charge is 2.53. The van der Waals surface area contributed by atoms with Crippen LogP contribution in [0.2, 0.25) is 0 Å². The Bertz CT molecular complexity index is 1220. The smallest absolute Gasteiger partial charge is 0.308 e. The van der Waals surface area contributed by atoms with E-state index in [-0.39, 0.29) is 30.7 Å². The number of rotatable bonds is 4. The summed E-state index contributed by atoms with van der Waals surface area (Å²) in [7, 11) is 0. The molecular formula is C28H34N4O4. The van der Waals surface area contributed by atoms with Crippen LogP contribution in [0.15, 0.2) is 36.4 Å². The standard InChI is InChI=1S/C28H34N4O4/c1-18-6-5-7-22-24(18)28(26(35)32(22)13-10-23(33)36-27(2,3)4)11-14-31(15-12-28)25(34)19-8-9-21-20(16-19)17-29-30-21/h5-9,16,29-30H,10-15,17H2,1-4H3. The molecule has 5 rings (SSSR count). The number of carbonyl (C=O) groups is 3. The molecule has 36 heavy (non-hydrogen) atoms. The highest BCUT2D eigenvalue weighted by Crippen LogP contribution is 2.49. The Labute approximate surface area is 211 Å². The van der Waals surface area contributed by atoms with Gasteiger partial charge < -0.3 is 20.0 Å². The number of aryl methyl sites for hydroxylation is 1. The summed E-state index contributed by atoms with van der Waals surface area (Å²) in [5, 5.41) is 0. The van der Waals surface area contributed by atoms with Gasteiger partial charge in [0.15, 0.2) is 0 Å². The average Bonchev–Trinajstić information content (AvgIpc) is 3.38. The zero-order valence-corrected chi connectivity index (χ0v) is 21.4. The second-order valence-corrected chi connectivity index (χ2v) is 11.0. The summed E-state index contributed by atoms with van der Waals surface area (Å²) in [6, 6.07) is 11.7. The quantitative estimate of drug-likeness (QED) is 0.636. The number of carbonyl (C=O) groups excluding carboxylic acids is 3. The molecule has 1 saturated heterocycles. The van der Waals surface area contributed by atoms with E-state index < -0.39 is 11.0 Å². The minimum atomic E-state index is -0.669. The minimum absolute atomic E-state index is 0.00298. The summed E-state index contributed by atoms with van der Waals surface area (Å²) in [6.07, 6.45) is 1.26. The second-order valence-electron chi connectivity index (χ2n) is 11.0. The lowest BCUT2D eigenvalue weighted by atomic mass is 9.72. The Morgan fingerprint density at radius 3 is 2.58 bits per heavy atom. The molecule has 1 spiro atoms. The lowest BCUT2D eigenvalue weighted by Crippen LogP contribution is -2.50. The van der Waals surface area contributed by atoms with Crippen molar-refractivity contribution < 1.29 is 19.1 Å². The molecule has 0 radical (unpaired) electrons. The van der Waals surface area contributed by atoms with Crippen LogP contribution in [0.3, 0.4) is 0 Å². The van der Waals surface area contributed by atoms with Gasteiger partial charge >= 0.3 is 5.97 Å². The molecule has 2 aromatic carbocycles. The molecule has 3 heterocycles. The van der Waals surface area contributed by atoms with Crippen molar-refractivity contribution in [3.8, 4) is 0 Å². The highest BCUT2D eigenvalue weighted by molar-refractivity contribution is 6.09. The normalized spacial score (nSPS) is 18.2. The molecule has 0 saturated carbocycles.